The Morgan fingerprint density at radius 2 is 2.12 bits per heavy atom. The molecule has 1 amide bonds. The highest BCUT2D eigenvalue weighted by molar-refractivity contribution is 5.92. The SMILES string of the molecule is O=C(c1ccc(O)cn1)N1CCOC(Cc2cccc(C(F)(F)F)c2)C1. The van der Waals surface area contributed by atoms with Crippen LogP contribution in [0.1, 0.15) is 21.6 Å². The second-order valence-corrected chi connectivity index (χ2v) is 6.05. The van der Waals surface area contributed by atoms with Crippen LogP contribution in [0.5, 0.6) is 5.75 Å². The Kier molecular flexibility index (Phi) is 5.13. The van der Waals surface area contributed by atoms with Gasteiger partial charge in [0.25, 0.3) is 5.91 Å². The summed E-state index contributed by atoms with van der Waals surface area (Å²) in [5, 5.41) is 9.25. The molecule has 8 heteroatoms. The maximum atomic E-state index is 12.8. The summed E-state index contributed by atoms with van der Waals surface area (Å²) >= 11 is 0. The lowest BCUT2D eigenvalue weighted by Crippen LogP contribution is -2.46. The molecule has 1 atom stereocenters. The van der Waals surface area contributed by atoms with Gasteiger partial charge in [0.15, 0.2) is 0 Å². The molecule has 2 aromatic rings. The number of morpholine rings is 1. The molecular formula is C18H17F3N2O3. The van der Waals surface area contributed by atoms with Gasteiger partial charge in [-0.25, -0.2) is 4.98 Å². The normalized spacial score (nSPS) is 18.0. The van der Waals surface area contributed by atoms with Gasteiger partial charge in [0.05, 0.1) is 24.5 Å². The molecule has 0 bridgehead atoms. The van der Waals surface area contributed by atoms with Crippen LogP contribution in [0.4, 0.5) is 13.2 Å². The van der Waals surface area contributed by atoms with Gasteiger partial charge in [-0.1, -0.05) is 18.2 Å². The van der Waals surface area contributed by atoms with Crippen LogP contribution < -0.4 is 0 Å². The Hall–Kier alpha value is -2.61. The molecule has 1 unspecified atom stereocenters. The van der Waals surface area contributed by atoms with E-state index >= 15 is 0 Å². The van der Waals surface area contributed by atoms with Crippen molar-refractivity contribution in [3.8, 4) is 5.75 Å². The van der Waals surface area contributed by atoms with E-state index in [0.29, 0.717) is 18.7 Å². The second-order valence-electron chi connectivity index (χ2n) is 6.05. The van der Waals surface area contributed by atoms with Gasteiger partial charge in [-0.3, -0.25) is 4.79 Å². The van der Waals surface area contributed by atoms with Crippen LogP contribution in [0, 0.1) is 0 Å². The van der Waals surface area contributed by atoms with Crippen molar-refractivity contribution in [3.05, 3.63) is 59.4 Å². The molecule has 1 saturated heterocycles. The van der Waals surface area contributed by atoms with Crippen molar-refractivity contribution in [1.29, 1.82) is 0 Å². The first-order valence-corrected chi connectivity index (χ1v) is 8.05. The molecule has 2 heterocycles. The molecule has 1 N–H and O–H groups in total. The monoisotopic (exact) mass is 366 g/mol. The summed E-state index contributed by atoms with van der Waals surface area (Å²) in [6.07, 6.45) is -3.33. The maximum Gasteiger partial charge on any atom is 0.416 e. The summed E-state index contributed by atoms with van der Waals surface area (Å²) in [7, 11) is 0. The first-order chi connectivity index (χ1) is 12.3. The maximum absolute atomic E-state index is 12.8. The lowest BCUT2D eigenvalue weighted by atomic mass is 10.0. The van der Waals surface area contributed by atoms with Crippen molar-refractivity contribution in [2.75, 3.05) is 19.7 Å². The van der Waals surface area contributed by atoms with Crippen LogP contribution in [0.3, 0.4) is 0 Å². The molecule has 0 aliphatic carbocycles. The highest BCUT2D eigenvalue weighted by Crippen LogP contribution is 2.30. The molecule has 26 heavy (non-hydrogen) atoms. The third kappa shape index (κ3) is 4.32. The standard InChI is InChI=1S/C18H17F3N2O3/c19-18(20,21)13-3-1-2-12(8-13)9-15-11-23(6-7-26-15)17(25)16-5-4-14(24)10-22-16/h1-5,8,10,15,24H,6-7,9,11H2. The molecule has 1 aliphatic heterocycles. The second kappa shape index (κ2) is 7.33. The van der Waals surface area contributed by atoms with Crippen molar-refractivity contribution in [1.82, 2.24) is 9.88 Å². The minimum absolute atomic E-state index is 0.0362. The number of halogens is 3. The summed E-state index contributed by atoms with van der Waals surface area (Å²) < 4.78 is 44.1. The predicted molar refractivity (Wildman–Crippen MR) is 86.7 cm³/mol. The number of ether oxygens (including phenoxy) is 1. The first kappa shape index (κ1) is 18.2. The van der Waals surface area contributed by atoms with E-state index in [2.05, 4.69) is 4.98 Å². The molecular weight excluding hydrogens is 349 g/mol. The van der Waals surface area contributed by atoms with Crippen LogP contribution in [0.25, 0.3) is 0 Å². The number of carbonyl (C=O) groups is 1. The van der Waals surface area contributed by atoms with E-state index in [-0.39, 0.29) is 30.3 Å². The molecule has 1 fully saturated rings. The van der Waals surface area contributed by atoms with E-state index in [1.165, 1.54) is 24.4 Å². The van der Waals surface area contributed by atoms with Crippen LogP contribution in [-0.2, 0) is 17.3 Å². The summed E-state index contributed by atoms with van der Waals surface area (Å²) in [5.74, 6) is -0.340. The van der Waals surface area contributed by atoms with Crippen LogP contribution >= 0.6 is 0 Å². The number of alkyl halides is 3. The average molecular weight is 366 g/mol. The number of hydrogen-bond donors (Lipinski definition) is 1. The van der Waals surface area contributed by atoms with Gasteiger partial charge in [0.1, 0.15) is 11.4 Å². The Labute approximate surface area is 148 Å². The van der Waals surface area contributed by atoms with Gasteiger partial charge < -0.3 is 14.7 Å². The van der Waals surface area contributed by atoms with Crippen LogP contribution in [0.2, 0.25) is 0 Å². The van der Waals surface area contributed by atoms with Crippen molar-refractivity contribution in [3.63, 3.8) is 0 Å². The van der Waals surface area contributed by atoms with Crippen LogP contribution in [0.15, 0.2) is 42.6 Å². The van der Waals surface area contributed by atoms with Crippen molar-refractivity contribution >= 4 is 5.91 Å². The molecule has 0 saturated carbocycles. The topological polar surface area (TPSA) is 62.7 Å². The lowest BCUT2D eigenvalue weighted by Gasteiger charge is -2.33. The van der Waals surface area contributed by atoms with E-state index in [9.17, 15) is 23.1 Å². The van der Waals surface area contributed by atoms with Gasteiger partial charge in [0, 0.05) is 19.5 Å². The number of benzene rings is 1. The smallest absolute Gasteiger partial charge is 0.416 e. The fourth-order valence-electron chi connectivity index (χ4n) is 2.84. The van der Waals surface area contributed by atoms with Gasteiger partial charge in [-0.15, -0.1) is 0 Å². The summed E-state index contributed by atoms with van der Waals surface area (Å²) in [6.45, 7) is 0.936. The lowest BCUT2D eigenvalue weighted by molar-refractivity contribution is -0.137. The Morgan fingerprint density at radius 1 is 1.31 bits per heavy atom. The third-order valence-electron chi connectivity index (χ3n) is 4.11. The largest absolute Gasteiger partial charge is 0.506 e. The molecule has 1 aromatic heterocycles. The van der Waals surface area contributed by atoms with Crippen molar-refractivity contribution < 1.29 is 27.8 Å². The third-order valence-corrected chi connectivity index (χ3v) is 4.11. The quantitative estimate of drug-likeness (QED) is 0.907. The Bertz CT molecular complexity index is 778. The van der Waals surface area contributed by atoms with Gasteiger partial charge in [-0.05, 0) is 23.8 Å². The van der Waals surface area contributed by atoms with E-state index < -0.39 is 17.8 Å². The summed E-state index contributed by atoms with van der Waals surface area (Å²) in [4.78, 5) is 17.9. The van der Waals surface area contributed by atoms with E-state index in [1.54, 1.807) is 11.0 Å². The average Bonchev–Trinajstić information content (AvgIpc) is 2.61. The zero-order valence-electron chi connectivity index (χ0n) is 13.7. The highest BCUT2D eigenvalue weighted by Gasteiger charge is 2.31. The zero-order valence-corrected chi connectivity index (χ0v) is 13.7. The molecule has 1 aromatic carbocycles. The first-order valence-electron chi connectivity index (χ1n) is 8.05. The van der Waals surface area contributed by atoms with Crippen molar-refractivity contribution in [2.45, 2.75) is 18.7 Å². The zero-order chi connectivity index (χ0) is 18.7. The molecule has 5 nitrogen and oxygen atoms in total. The van der Waals surface area contributed by atoms with Crippen LogP contribution in [-0.4, -0.2) is 46.7 Å². The number of carbonyl (C=O) groups excluding carboxylic acids is 1. The van der Waals surface area contributed by atoms with Gasteiger partial charge in [-0.2, -0.15) is 13.2 Å². The molecule has 3 rings (SSSR count). The van der Waals surface area contributed by atoms with Crippen molar-refractivity contribution in [2.24, 2.45) is 0 Å². The Balaban J connectivity index is 1.67. The fraction of sp³-hybridized carbons (Fsp3) is 0.333. The predicted octanol–water partition coefficient (Wildman–Crippen LogP) is 2.89. The van der Waals surface area contributed by atoms with Gasteiger partial charge in [0.2, 0.25) is 0 Å². The summed E-state index contributed by atoms with van der Waals surface area (Å²) in [6, 6.07) is 7.91. The van der Waals surface area contributed by atoms with E-state index in [0.717, 1.165) is 12.1 Å². The van der Waals surface area contributed by atoms with E-state index in [4.69, 9.17) is 4.74 Å². The Morgan fingerprint density at radius 3 is 2.81 bits per heavy atom. The van der Waals surface area contributed by atoms with E-state index in [1.807, 2.05) is 0 Å². The minimum atomic E-state index is -4.39. The number of pyridine rings is 1. The molecule has 0 radical (unpaired) electrons. The number of rotatable bonds is 3. The number of aromatic hydroxyl groups is 1. The molecule has 0 spiro atoms. The summed E-state index contributed by atoms with van der Waals surface area (Å²) in [5.41, 5.74) is -0.00330. The fourth-order valence-corrected chi connectivity index (χ4v) is 2.84. The number of aromatic nitrogens is 1. The van der Waals surface area contributed by atoms with Gasteiger partial charge >= 0.3 is 6.18 Å². The minimum Gasteiger partial charge on any atom is -0.506 e. The molecule has 138 valence electrons. The number of hydrogen-bond acceptors (Lipinski definition) is 4. The number of amides is 1. The number of nitrogens with zero attached hydrogens (tertiary/aromatic N) is 2. The molecule has 1 aliphatic rings. The highest BCUT2D eigenvalue weighted by atomic mass is 19.4.